The Labute approximate surface area is 235 Å². The van der Waals surface area contributed by atoms with E-state index in [4.69, 9.17) is 49.0 Å². The number of carbonyl (C=O) groups excluding carboxylic acids is 3. The lowest BCUT2D eigenvalue weighted by Crippen LogP contribution is -2.34. The van der Waals surface area contributed by atoms with E-state index in [0.29, 0.717) is 34.7 Å². The van der Waals surface area contributed by atoms with Crippen LogP contribution < -0.4 is 9.64 Å². The van der Waals surface area contributed by atoms with Gasteiger partial charge in [0, 0.05) is 30.5 Å². The van der Waals surface area contributed by atoms with Gasteiger partial charge in [-0.15, -0.1) is 0 Å². The highest BCUT2D eigenvalue weighted by molar-refractivity contribution is 6.37. The zero-order valence-electron chi connectivity index (χ0n) is 20.9. The van der Waals surface area contributed by atoms with Gasteiger partial charge in [0.15, 0.2) is 6.61 Å². The molecule has 0 bridgehead atoms. The highest BCUT2D eigenvalue weighted by Gasteiger charge is 2.30. The molecule has 0 saturated carbocycles. The second-order valence-corrected chi connectivity index (χ2v) is 9.47. The Morgan fingerprint density at radius 2 is 1.71 bits per heavy atom. The van der Waals surface area contributed by atoms with Gasteiger partial charge in [0.1, 0.15) is 17.5 Å². The molecule has 0 unspecified atom stereocenters. The normalized spacial score (nSPS) is 13.2. The van der Waals surface area contributed by atoms with Crippen LogP contribution >= 0.6 is 34.8 Å². The Kier molecular flexibility index (Phi) is 11.2. The van der Waals surface area contributed by atoms with Crippen LogP contribution in [0.3, 0.4) is 0 Å². The van der Waals surface area contributed by atoms with E-state index in [1.807, 2.05) is 0 Å². The van der Waals surface area contributed by atoms with E-state index >= 15 is 0 Å². The van der Waals surface area contributed by atoms with Crippen molar-refractivity contribution in [3.63, 3.8) is 0 Å². The summed E-state index contributed by atoms with van der Waals surface area (Å²) in [5.74, 6) is -1.47. The van der Waals surface area contributed by atoms with Crippen LogP contribution in [0.1, 0.15) is 31.2 Å². The molecule has 204 valence electrons. The molecule has 0 aliphatic heterocycles. The number of pyridine rings is 1. The number of hydrogen-bond donors (Lipinski definition) is 0. The fourth-order valence-corrected chi connectivity index (χ4v) is 4.47. The van der Waals surface area contributed by atoms with Gasteiger partial charge in [-0.25, -0.2) is 14.6 Å². The number of halogens is 3. The van der Waals surface area contributed by atoms with Crippen LogP contribution in [0.15, 0.2) is 41.6 Å². The third kappa shape index (κ3) is 7.83. The number of ether oxygens (including phenoxy) is 4. The fourth-order valence-electron chi connectivity index (χ4n) is 3.81. The molecule has 0 spiro atoms. The molecular formula is C26H27Cl3N2O7. The number of nitrogens with zero attached hydrogens (tertiary/aromatic N) is 2. The Bertz CT molecular complexity index is 1200. The zero-order valence-corrected chi connectivity index (χ0v) is 23.2. The summed E-state index contributed by atoms with van der Waals surface area (Å²) in [6.45, 7) is -0.0254. The summed E-state index contributed by atoms with van der Waals surface area (Å²) < 4.78 is 20.4. The molecule has 1 aromatic carbocycles. The first kappa shape index (κ1) is 29.7. The molecule has 0 N–H and O–H groups in total. The van der Waals surface area contributed by atoms with Gasteiger partial charge >= 0.3 is 11.9 Å². The van der Waals surface area contributed by atoms with Crippen LogP contribution in [-0.4, -0.2) is 56.9 Å². The molecule has 38 heavy (non-hydrogen) atoms. The second-order valence-electron chi connectivity index (χ2n) is 8.27. The number of methoxy groups -OCH3 is 2. The van der Waals surface area contributed by atoms with Crippen LogP contribution in [-0.2, 0) is 35.1 Å². The first-order valence-electron chi connectivity index (χ1n) is 11.7. The zero-order chi connectivity index (χ0) is 27.7. The third-order valence-electron chi connectivity index (χ3n) is 5.73. The minimum atomic E-state index is -0.610. The van der Waals surface area contributed by atoms with Crippen molar-refractivity contribution in [2.45, 2.75) is 32.2 Å². The first-order valence-corrected chi connectivity index (χ1v) is 12.9. The molecule has 1 aliphatic rings. The van der Waals surface area contributed by atoms with Crippen LogP contribution in [0.25, 0.3) is 0 Å². The standard InChI is InChI=1S/C26H27Cl3N2O7/c1-35-9-10-37-26(34)18-6-4-3-5-17(18)25(33)31(14-16-7-8-23(29)30-13-16)21-12-22(20(28)11-19(21)27)38-15-24(32)36-2/h7-8,11-13H,3-6,9-10,14-15H2,1-2H3. The smallest absolute Gasteiger partial charge is 0.343 e. The second kappa shape index (κ2) is 14.3. The minimum Gasteiger partial charge on any atom is -0.480 e. The molecular weight excluding hydrogens is 559 g/mol. The summed E-state index contributed by atoms with van der Waals surface area (Å²) in [5, 5.41) is 0.601. The number of benzene rings is 1. The predicted octanol–water partition coefficient (Wildman–Crippen LogP) is 5.19. The highest BCUT2D eigenvalue weighted by Crippen LogP contribution is 2.39. The van der Waals surface area contributed by atoms with Gasteiger partial charge in [0.05, 0.1) is 36.0 Å². The third-order valence-corrected chi connectivity index (χ3v) is 6.55. The van der Waals surface area contributed by atoms with Crippen LogP contribution in [0.5, 0.6) is 5.75 Å². The summed E-state index contributed by atoms with van der Waals surface area (Å²) in [7, 11) is 2.74. The van der Waals surface area contributed by atoms with Crippen molar-refractivity contribution in [2.24, 2.45) is 0 Å². The lowest BCUT2D eigenvalue weighted by Gasteiger charge is -2.28. The molecule has 0 radical (unpaired) electrons. The highest BCUT2D eigenvalue weighted by atomic mass is 35.5. The van der Waals surface area contributed by atoms with Gasteiger partial charge in [-0.2, -0.15) is 0 Å². The topological polar surface area (TPSA) is 104 Å². The number of amides is 1. The molecule has 2 aromatic rings. The maximum Gasteiger partial charge on any atom is 0.343 e. The van der Waals surface area contributed by atoms with E-state index in [-0.39, 0.29) is 41.2 Å². The van der Waals surface area contributed by atoms with Crippen LogP contribution in [0, 0.1) is 0 Å². The maximum absolute atomic E-state index is 14.1. The molecule has 1 amide bonds. The van der Waals surface area contributed by atoms with Crippen molar-refractivity contribution >= 4 is 58.3 Å². The summed E-state index contributed by atoms with van der Waals surface area (Å²) >= 11 is 18.8. The molecule has 0 atom stereocenters. The van der Waals surface area contributed by atoms with E-state index in [2.05, 4.69) is 9.72 Å². The molecule has 1 heterocycles. The number of anilines is 1. The van der Waals surface area contributed by atoms with Crippen molar-refractivity contribution in [1.82, 2.24) is 4.98 Å². The number of carbonyl (C=O) groups is 3. The Morgan fingerprint density at radius 3 is 2.37 bits per heavy atom. The Balaban J connectivity index is 2.05. The van der Waals surface area contributed by atoms with E-state index in [1.54, 1.807) is 12.1 Å². The molecule has 3 rings (SSSR count). The molecule has 12 heteroatoms. The first-order chi connectivity index (χ1) is 18.2. The monoisotopic (exact) mass is 584 g/mol. The van der Waals surface area contributed by atoms with Crippen LogP contribution in [0.2, 0.25) is 15.2 Å². The lowest BCUT2D eigenvalue weighted by atomic mass is 9.90. The summed E-state index contributed by atoms with van der Waals surface area (Å²) in [6, 6.07) is 6.21. The molecule has 0 saturated heterocycles. The average Bonchev–Trinajstić information content (AvgIpc) is 2.92. The van der Waals surface area contributed by atoms with Gasteiger partial charge < -0.3 is 23.8 Å². The van der Waals surface area contributed by atoms with E-state index in [0.717, 1.165) is 12.8 Å². The van der Waals surface area contributed by atoms with Gasteiger partial charge in [-0.1, -0.05) is 40.9 Å². The quantitative estimate of drug-likeness (QED) is 0.202. The predicted molar refractivity (Wildman–Crippen MR) is 143 cm³/mol. The number of hydrogen-bond acceptors (Lipinski definition) is 8. The number of esters is 2. The molecule has 1 aromatic heterocycles. The van der Waals surface area contributed by atoms with Crippen molar-refractivity contribution in [3.8, 4) is 5.75 Å². The van der Waals surface area contributed by atoms with Gasteiger partial charge in [0.2, 0.25) is 0 Å². The van der Waals surface area contributed by atoms with Crippen molar-refractivity contribution in [1.29, 1.82) is 0 Å². The van der Waals surface area contributed by atoms with Gasteiger partial charge in [0.25, 0.3) is 5.91 Å². The number of rotatable bonds is 11. The van der Waals surface area contributed by atoms with Crippen molar-refractivity contribution < 1.29 is 33.3 Å². The summed E-state index contributed by atoms with van der Waals surface area (Å²) in [5.41, 5.74) is 1.58. The number of aromatic nitrogens is 1. The van der Waals surface area contributed by atoms with Gasteiger partial charge in [-0.05, 0) is 43.4 Å². The average molecular weight is 586 g/mol. The molecule has 1 aliphatic carbocycles. The lowest BCUT2D eigenvalue weighted by molar-refractivity contribution is -0.143. The Hall–Kier alpha value is -2.85. The summed E-state index contributed by atoms with van der Waals surface area (Å²) in [4.78, 5) is 44.0. The fraction of sp³-hybridized carbons (Fsp3) is 0.385. The van der Waals surface area contributed by atoms with E-state index in [9.17, 15) is 14.4 Å². The molecule has 9 nitrogen and oxygen atoms in total. The largest absolute Gasteiger partial charge is 0.480 e. The van der Waals surface area contributed by atoms with E-state index < -0.39 is 24.5 Å². The van der Waals surface area contributed by atoms with E-state index in [1.165, 1.54) is 37.4 Å². The SMILES string of the molecule is COCCOC(=O)C1=C(C(=O)N(Cc2ccc(Cl)nc2)c2cc(OCC(=O)OC)c(Cl)cc2Cl)CCCC1. The Morgan fingerprint density at radius 1 is 0.974 bits per heavy atom. The minimum absolute atomic E-state index is 0.0519. The summed E-state index contributed by atoms with van der Waals surface area (Å²) in [6.07, 6.45) is 3.81. The van der Waals surface area contributed by atoms with Crippen molar-refractivity contribution in [3.05, 3.63) is 62.4 Å². The molecule has 0 fully saturated rings. The van der Waals surface area contributed by atoms with Crippen LogP contribution in [0.4, 0.5) is 5.69 Å². The van der Waals surface area contributed by atoms with Gasteiger partial charge in [-0.3, -0.25) is 4.79 Å². The maximum atomic E-state index is 14.1. The van der Waals surface area contributed by atoms with Crippen molar-refractivity contribution in [2.75, 3.05) is 38.9 Å².